The molecule has 1 heterocycles. The minimum Gasteiger partial charge on any atom is -0.469 e. The number of halogens is 2. The number of ether oxygens (including phenoxy) is 1. The molecule has 18 heavy (non-hydrogen) atoms. The van der Waals surface area contributed by atoms with Crippen molar-refractivity contribution in [3.05, 3.63) is 39.5 Å². The second kappa shape index (κ2) is 5.12. The predicted molar refractivity (Wildman–Crippen MR) is 72.2 cm³/mol. The number of rotatable bonds is 2. The number of hydrogen-bond acceptors (Lipinski definition) is 3. The van der Waals surface area contributed by atoms with Crippen molar-refractivity contribution < 1.29 is 9.53 Å². The minimum absolute atomic E-state index is 0.121. The zero-order chi connectivity index (χ0) is 13.3. The third-order valence-electron chi connectivity index (χ3n) is 2.66. The second-order valence-electron chi connectivity index (χ2n) is 3.94. The summed E-state index contributed by atoms with van der Waals surface area (Å²) in [4.78, 5) is 15.6. The van der Waals surface area contributed by atoms with Crippen LogP contribution in [0.3, 0.4) is 0 Å². The summed E-state index contributed by atoms with van der Waals surface area (Å²) in [5.74, 6) is -0.334. The third-order valence-corrected chi connectivity index (χ3v) is 3.28. The molecule has 1 aromatic carbocycles. The lowest BCUT2D eigenvalue weighted by atomic mass is 10.1. The van der Waals surface area contributed by atoms with Crippen molar-refractivity contribution in [2.45, 2.75) is 13.3 Å². The lowest BCUT2D eigenvalue weighted by Gasteiger charge is -2.08. The van der Waals surface area contributed by atoms with Crippen LogP contribution >= 0.6 is 23.2 Å². The Morgan fingerprint density at radius 3 is 2.67 bits per heavy atom. The Morgan fingerprint density at radius 2 is 2.00 bits per heavy atom. The molecule has 0 radical (unpaired) electrons. The Kier molecular flexibility index (Phi) is 3.73. The zero-order valence-corrected chi connectivity index (χ0v) is 11.5. The van der Waals surface area contributed by atoms with Gasteiger partial charge in [-0.3, -0.25) is 9.78 Å². The van der Waals surface area contributed by atoms with E-state index in [1.165, 1.54) is 7.11 Å². The molecule has 5 heteroatoms. The van der Waals surface area contributed by atoms with Crippen LogP contribution in [-0.2, 0) is 16.0 Å². The molecule has 94 valence electrons. The highest BCUT2D eigenvalue weighted by atomic mass is 35.5. The number of esters is 1. The van der Waals surface area contributed by atoms with E-state index in [-0.39, 0.29) is 12.4 Å². The lowest BCUT2D eigenvalue weighted by Crippen LogP contribution is -2.06. The van der Waals surface area contributed by atoms with Gasteiger partial charge in [0.25, 0.3) is 0 Å². The van der Waals surface area contributed by atoms with Crippen LogP contribution in [-0.4, -0.2) is 18.1 Å². The molecule has 0 unspecified atom stereocenters. The number of carbonyl (C=O) groups excluding carboxylic acids is 1. The summed E-state index contributed by atoms with van der Waals surface area (Å²) in [5.41, 5.74) is 2.17. The molecule has 0 aliphatic rings. The maximum atomic E-state index is 11.3. The molecule has 3 nitrogen and oxygen atoms in total. The Hall–Kier alpha value is -1.32. The van der Waals surface area contributed by atoms with Crippen molar-refractivity contribution in [1.29, 1.82) is 0 Å². The number of carbonyl (C=O) groups is 1. The van der Waals surface area contributed by atoms with E-state index in [0.29, 0.717) is 21.3 Å². The van der Waals surface area contributed by atoms with Crippen LogP contribution in [0.5, 0.6) is 0 Å². The van der Waals surface area contributed by atoms with E-state index in [9.17, 15) is 4.79 Å². The molecule has 0 aliphatic heterocycles. The van der Waals surface area contributed by atoms with Gasteiger partial charge in [0, 0.05) is 5.39 Å². The van der Waals surface area contributed by atoms with Gasteiger partial charge in [-0.15, -0.1) is 0 Å². The molecule has 0 saturated carbocycles. The minimum atomic E-state index is -0.334. The van der Waals surface area contributed by atoms with Gasteiger partial charge in [-0.2, -0.15) is 0 Å². The van der Waals surface area contributed by atoms with E-state index in [1.807, 2.05) is 13.0 Å². The number of nitrogens with zero attached hydrogens (tertiary/aromatic N) is 1. The third kappa shape index (κ3) is 2.42. The van der Waals surface area contributed by atoms with Gasteiger partial charge in [-0.1, -0.05) is 23.2 Å². The van der Waals surface area contributed by atoms with E-state index in [1.54, 1.807) is 12.1 Å². The Labute approximate surface area is 115 Å². The average molecular weight is 284 g/mol. The zero-order valence-electron chi connectivity index (χ0n) is 9.96. The number of benzene rings is 1. The van der Waals surface area contributed by atoms with E-state index < -0.39 is 0 Å². The summed E-state index contributed by atoms with van der Waals surface area (Å²) < 4.78 is 4.62. The normalized spacial score (nSPS) is 10.7. The first kappa shape index (κ1) is 13.1. The molecule has 0 amide bonds. The maximum Gasteiger partial charge on any atom is 0.311 e. The maximum absolute atomic E-state index is 11.3. The van der Waals surface area contributed by atoms with E-state index >= 15 is 0 Å². The van der Waals surface area contributed by atoms with Crippen molar-refractivity contribution in [1.82, 2.24) is 4.98 Å². The Morgan fingerprint density at radius 1 is 1.33 bits per heavy atom. The highest BCUT2D eigenvalue weighted by Crippen LogP contribution is 2.31. The van der Waals surface area contributed by atoms with Crippen molar-refractivity contribution in [3.8, 4) is 0 Å². The van der Waals surface area contributed by atoms with Crippen molar-refractivity contribution in [3.63, 3.8) is 0 Å². The second-order valence-corrected chi connectivity index (χ2v) is 4.75. The van der Waals surface area contributed by atoms with Crippen LogP contribution in [0.4, 0.5) is 0 Å². The first-order valence-corrected chi connectivity index (χ1v) is 6.09. The summed E-state index contributed by atoms with van der Waals surface area (Å²) >= 11 is 12.2. The molecule has 0 fully saturated rings. The monoisotopic (exact) mass is 283 g/mol. The molecule has 0 atom stereocenters. The van der Waals surface area contributed by atoms with Gasteiger partial charge in [-0.25, -0.2) is 0 Å². The topological polar surface area (TPSA) is 39.2 Å². The Bertz CT molecular complexity index is 626. The number of hydrogen-bond donors (Lipinski definition) is 0. The number of fused-ring (bicyclic) bond motifs is 1. The highest BCUT2D eigenvalue weighted by molar-refractivity contribution is 6.40. The molecule has 0 bridgehead atoms. The standard InChI is InChI=1S/C13H11Cl2NO2/c1-7-5-8(6-11(17)18-2)16-13-10(15)4-3-9(14)12(7)13/h3-5H,6H2,1-2H3. The van der Waals surface area contributed by atoms with Crippen molar-refractivity contribution in [2.75, 3.05) is 7.11 Å². The van der Waals surface area contributed by atoms with Crippen LogP contribution in [0.15, 0.2) is 18.2 Å². The summed E-state index contributed by atoms with van der Waals surface area (Å²) in [6, 6.07) is 5.25. The van der Waals surface area contributed by atoms with Crippen molar-refractivity contribution >= 4 is 40.1 Å². The number of methoxy groups -OCH3 is 1. The number of pyridine rings is 1. The van der Waals surface area contributed by atoms with E-state index in [0.717, 1.165) is 10.9 Å². The van der Waals surface area contributed by atoms with Crippen LogP contribution < -0.4 is 0 Å². The summed E-state index contributed by atoms with van der Waals surface area (Å²) in [7, 11) is 1.35. The molecule has 0 spiro atoms. The smallest absolute Gasteiger partial charge is 0.311 e. The average Bonchev–Trinajstić information content (AvgIpc) is 2.33. The van der Waals surface area contributed by atoms with Crippen LogP contribution in [0, 0.1) is 6.92 Å². The van der Waals surface area contributed by atoms with Gasteiger partial charge in [-0.05, 0) is 30.7 Å². The summed E-state index contributed by atoms with van der Waals surface area (Å²) in [6.45, 7) is 1.91. The number of aryl methyl sites for hydroxylation is 1. The van der Waals surface area contributed by atoms with Gasteiger partial charge >= 0.3 is 5.97 Å². The van der Waals surface area contributed by atoms with Gasteiger partial charge in [0.1, 0.15) is 0 Å². The molecular formula is C13H11Cl2NO2. The largest absolute Gasteiger partial charge is 0.469 e. The van der Waals surface area contributed by atoms with Crippen LogP contribution in [0.25, 0.3) is 10.9 Å². The Balaban J connectivity index is 2.61. The fourth-order valence-corrected chi connectivity index (χ4v) is 2.34. The van der Waals surface area contributed by atoms with E-state index in [4.69, 9.17) is 23.2 Å². The quantitative estimate of drug-likeness (QED) is 0.791. The van der Waals surface area contributed by atoms with Gasteiger partial charge in [0.15, 0.2) is 0 Å². The summed E-state index contributed by atoms with van der Waals surface area (Å²) in [5, 5.41) is 1.94. The van der Waals surface area contributed by atoms with Crippen molar-refractivity contribution in [2.24, 2.45) is 0 Å². The molecule has 0 saturated heterocycles. The fraction of sp³-hybridized carbons (Fsp3) is 0.231. The lowest BCUT2D eigenvalue weighted by molar-refractivity contribution is -0.139. The van der Waals surface area contributed by atoms with Gasteiger partial charge < -0.3 is 4.74 Å². The van der Waals surface area contributed by atoms with E-state index in [2.05, 4.69) is 9.72 Å². The highest BCUT2D eigenvalue weighted by Gasteiger charge is 2.12. The first-order chi connectivity index (χ1) is 8.52. The SMILES string of the molecule is COC(=O)Cc1cc(C)c2c(Cl)ccc(Cl)c2n1. The molecule has 1 aromatic heterocycles. The molecular weight excluding hydrogens is 273 g/mol. The van der Waals surface area contributed by atoms with Crippen LogP contribution in [0.1, 0.15) is 11.3 Å². The fourth-order valence-electron chi connectivity index (χ4n) is 1.83. The molecule has 0 N–H and O–H groups in total. The van der Waals surface area contributed by atoms with Crippen LogP contribution in [0.2, 0.25) is 10.0 Å². The number of aromatic nitrogens is 1. The molecule has 2 rings (SSSR count). The van der Waals surface area contributed by atoms with Gasteiger partial charge in [0.05, 0.1) is 34.8 Å². The van der Waals surface area contributed by atoms with Gasteiger partial charge in [0.2, 0.25) is 0 Å². The summed E-state index contributed by atoms with van der Waals surface area (Å²) in [6.07, 6.45) is 0.121. The predicted octanol–water partition coefficient (Wildman–Crippen LogP) is 3.57. The molecule has 0 aliphatic carbocycles. The first-order valence-electron chi connectivity index (χ1n) is 5.34. The molecule has 2 aromatic rings.